The molecule has 2 fully saturated rings. The van der Waals surface area contributed by atoms with Crippen LogP contribution in [0.2, 0.25) is 0 Å². The zero-order valence-electron chi connectivity index (χ0n) is 15.0. The van der Waals surface area contributed by atoms with E-state index in [9.17, 15) is 0 Å². The highest BCUT2D eigenvalue weighted by Crippen LogP contribution is 2.21. The molecule has 0 aliphatic carbocycles. The lowest BCUT2D eigenvalue weighted by Gasteiger charge is -2.27. The van der Waals surface area contributed by atoms with E-state index in [1.54, 1.807) is 6.21 Å². The molecule has 0 bridgehead atoms. The van der Waals surface area contributed by atoms with Crippen LogP contribution in [0, 0.1) is 3.57 Å². The molecule has 1 aromatic heterocycles. The van der Waals surface area contributed by atoms with Gasteiger partial charge in [-0.2, -0.15) is 20.1 Å². The van der Waals surface area contributed by atoms with Crippen LogP contribution in [0.5, 0.6) is 0 Å². The maximum atomic E-state index is 5.44. The number of anilines is 3. The van der Waals surface area contributed by atoms with Gasteiger partial charge >= 0.3 is 0 Å². The molecule has 1 aromatic carbocycles. The lowest BCUT2D eigenvalue weighted by molar-refractivity contribution is 0.122. The van der Waals surface area contributed by atoms with E-state index in [1.165, 1.54) is 16.4 Å². The van der Waals surface area contributed by atoms with Crippen LogP contribution in [0.3, 0.4) is 0 Å². The maximum Gasteiger partial charge on any atom is 0.250 e. The summed E-state index contributed by atoms with van der Waals surface area (Å²) in [6.45, 7) is 4.93. The van der Waals surface area contributed by atoms with Gasteiger partial charge in [0.15, 0.2) is 0 Å². The second-order valence-corrected chi connectivity index (χ2v) is 7.72. The number of ether oxygens (including phenoxy) is 1. The van der Waals surface area contributed by atoms with E-state index in [-0.39, 0.29) is 0 Å². The van der Waals surface area contributed by atoms with Gasteiger partial charge in [0.1, 0.15) is 0 Å². The molecular formula is C18H22IN7O. The first-order valence-corrected chi connectivity index (χ1v) is 10.2. The van der Waals surface area contributed by atoms with Crippen molar-refractivity contribution in [3.05, 3.63) is 33.4 Å². The van der Waals surface area contributed by atoms with Crippen LogP contribution >= 0.6 is 22.6 Å². The SMILES string of the molecule is Ic1ccc(/C=N\Nc2nc(N3CCCC3)nc(N3CCOCC3)n2)cc1. The molecule has 2 saturated heterocycles. The summed E-state index contributed by atoms with van der Waals surface area (Å²) < 4.78 is 6.64. The fourth-order valence-corrected chi connectivity index (χ4v) is 3.44. The van der Waals surface area contributed by atoms with Gasteiger partial charge in [0, 0.05) is 29.7 Å². The summed E-state index contributed by atoms with van der Waals surface area (Å²) in [5.41, 5.74) is 3.99. The fraction of sp³-hybridized carbons (Fsp3) is 0.444. The predicted molar refractivity (Wildman–Crippen MR) is 115 cm³/mol. The van der Waals surface area contributed by atoms with Gasteiger partial charge in [-0.3, -0.25) is 0 Å². The van der Waals surface area contributed by atoms with Crippen molar-refractivity contribution in [3.63, 3.8) is 0 Å². The minimum atomic E-state index is 0.468. The van der Waals surface area contributed by atoms with Crippen LogP contribution in [-0.4, -0.2) is 60.6 Å². The summed E-state index contributed by atoms with van der Waals surface area (Å²) in [5.74, 6) is 1.87. The van der Waals surface area contributed by atoms with E-state index < -0.39 is 0 Å². The van der Waals surface area contributed by atoms with Crippen molar-refractivity contribution in [2.45, 2.75) is 12.8 Å². The smallest absolute Gasteiger partial charge is 0.250 e. The Morgan fingerprint density at radius 3 is 2.22 bits per heavy atom. The van der Waals surface area contributed by atoms with Crippen molar-refractivity contribution in [3.8, 4) is 0 Å². The Kier molecular flexibility index (Phi) is 5.97. The number of hydrazone groups is 1. The number of halogens is 1. The number of hydrogen-bond donors (Lipinski definition) is 1. The molecular weight excluding hydrogens is 457 g/mol. The van der Waals surface area contributed by atoms with Gasteiger partial charge < -0.3 is 14.5 Å². The second kappa shape index (κ2) is 8.79. The van der Waals surface area contributed by atoms with E-state index in [1.807, 2.05) is 24.3 Å². The third-order valence-corrected chi connectivity index (χ3v) is 5.26. The molecule has 3 heterocycles. The predicted octanol–water partition coefficient (Wildman–Crippen LogP) is 2.36. The monoisotopic (exact) mass is 479 g/mol. The van der Waals surface area contributed by atoms with Crippen molar-refractivity contribution in [1.82, 2.24) is 15.0 Å². The Balaban J connectivity index is 1.54. The highest BCUT2D eigenvalue weighted by Gasteiger charge is 2.21. The summed E-state index contributed by atoms with van der Waals surface area (Å²) in [4.78, 5) is 18.2. The molecule has 9 heteroatoms. The van der Waals surface area contributed by atoms with E-state index in [0.29, 0.717) is 25.1 Å². The van der Waals surface area contributed by atoms with Crippen LogP contribution in [0.1, 0.15) is 18.4 Å². The first-order valence-electron chi connectivity index (χ1n) is 9.16. The third-order valence-electron chi connectivity index (χ3n) is 4.54. The van der Waals surface area contributed by atoms with Gasteiger partial charge in [0.2, 0.25) is 17.8 Å². The first-order chi connectivity index (χ1) is 13.3. The average molecular weight is 479 g/mol. The number of benzene rings is 1. The number of aromatic nitrogens is 3. The Hall–Kier alpha value is -2.01. The molecule has 0 radical (unpaired) electrons. The largest absolute Gasteiger partial charge is 0.378 e. The quantitative estimate of drug-likeness (QED) is 0.401. The zero-order valence-corrected chi connectivity index (χ0v) is 17.2. The summed E-state index contributed by atoms with van der Waals surface area (Å²) in [6, 6.07) is 8.14. The highest BCUT2D eigenvalue weighted by molar-refractivity contribution is 14.1. The van der Waals surface area contributed by atoms with Gasteiger partial charge in [-0.1, -0.05) is 12.1 Å². The molecule has 2 aliphatic heterocycles. The maximum absolute atomic E-state index is 5.44. The molecule has 142 valence electrons. The van der Waals surface area contributed by atoms with E-state index in [4.69, 9.17) is 9.72 Å². The lowest BCUT2D eigenvalue weighted by atomic mass is 10.2. The number of nitrogens with zero attached hydrogens (tertiary/aromatic N) is 6. The topological polar surface area (TPSA) is 78.8 Å². The molecule has 0 unspecified atom stereocenters. The van der Waals surface area contributed by atoms with Crippen molar-refractivity contribution in [1.29, 1.82) is 0 Å². The van der Waals surface area contributed by atoms with E-state index >= 15 is 0 Å². The van der Waals surface area contributed by atoms with Crippen LogP contribution in [0.25, 0.3) is 0 Å². The molecule has 8 nitrogen and oxygen atoms in total. The molecule has 0 spiro atoms. The van der Waals surface area contributed by atoms with Crippen LogP contribution in [0.15, 0.2) is 29.4 Å². The number of nitrogens with one attached hydrogen (secondary N) is 1. The van der Waals surface area contributed by atoms with Gasteiger partial charge in [0.25, 0.3) is 0 Å². The Morgan fingerprint density at radius 2 is 1.56 bits per heavy atom. The number of rotatable bonds is 5. The Labute approximate surface area is 172 Å². The van der Waals surface area contributed by atoms with Gasteiger partial charge in [0.05, 0.1) is 19.4 Å². The Morgan fingerprint density at radius 1 is 0.926 bits per heavy atom. The molecule has 2 aromatic rings. The van der Waals surface area contributed by atoms with Gasteiger partial charge in [-0.05, 0) is 53.1 Å². The molecule has 1 N–H and O–H groups in total. The molecule has 0 saturated carbocycles. The zero-order chi connectivity index (χ0) is 18.5. The molecule has 27 heavy (non-hydrogen) atoms. The molecule has 0 amide bonds. The van der Waals surface area contributed by atoms with E-state index in [2.05, 4.69) is 52.9 Å². The summed E-state index contributed by atoms with van der Waals surface area (Å²) in [6.07, 6.45) is 4.11. The fourth-order valence-electron chi connectivity index (χ4n) is 3.08. The average Bonchev–Trinajstić information content (AvgIpc) is 3.25. The summed E-state index contributed by atoms with van der Waals surface area (Å²) in [7, 11) is 0. The van der Waals surface area contributed by atoms with Crippen molar-refractivity contribution in [2.75, 3.05) is 54.6 Å². The second-order valence-electron chi connectivity index (χ2n) is 6.47. The lowest BCUT2D eigenvalue weighted by Crippen LogP contribution is -2.38. The number of morpholine rings is 1. The van der Waals surface area contributed by atoms with Crippen molar-refractivity contribution >= 4 is 46.7 Å². The van der Waals surface area contributed by atoms with Crippen LogP contribution in [0.4, 0.5) is 17.8 Å². The minimum Gasteiger partial charge on any atom is -0.378 e. The summed E-state index contributed by atoms with van der Waals surface area (Å²) in [5, 5.41) is 4.30. The minimum absolute atomic E-state index is 0.468. The molecule has 2 aliphatic rings. The summed E-state index contributed by atoms with van der Waals surface area (Å²) >= 11 is 2.28. The van der Waals surface area contributed by atoms with Crippen LogP contribution in [-0.2, 0) is 4.74 Å². The van der Waals surface area contributed by atoms with Crippen LogP contribution < -0.4 is 15.2 Å². The third kappa shape index (κ3) is 4.83. The number of hydrogen-bond acceptors (Lipinski definition) is 8. The molecule has 4 rings (SSSR count). The normalized spacial score (nSPS) is 17.7. The standard InChI is InChI=1S/C18H22IN7O/c19-15-5-3-14(4-6-15)13-20-24-16-21-17(25-7-1-2-8-25)23-18(22-16)26-9-11-27-12-10-26/h3-6,13H,1-2,7-12H2,(H,21,22,23,24)/b20-13-. The molecule has 0 atom stereocenters. The first kappa shape index (κ1) is 18.4. The van der Waals surface area contributed by atoms with E-state index in [0.717, 1.165) is 37.7 Å². The van der Waals surface area contributed by atoms with Gasteiger partial charge in [-0.25, -0.2) is 5.43 Å². The van der Waals surface area contributed by atoms with Gasteiger partial charge in [-0.15, -0.1) is 0 Å². The Bertz CT molecular complexity index is 787. The van der Waals surface area contributed by atoms with Crippen molar-refractivity contribution < 1.29 is 4.74 Å². The highest BCUT2D eigenvalue weighted by atomic mass is 127. The van der Waals surface area contributed by atoms with Crippen molar-refractivity contribution in [2.24, 2.45) is 5.10 Å².